The molecule has 0 bridgehead atoms. The quantitative estimate of drug-likeness (QED) is 0.860. The first-order valence-corrected chi connectivity index (χ1v) is 5.79. The van der Waals surface area contributed by atoms with Crippen LogP contribution in [0.4, 0.5) is 0 Å². The fourth-order valence-electron chi connectivity index (χ4n) is 1.37. The first-order chi connectivity index (χ1) is 8.18. The number of nitrogens with one attached hydrogen (secondary N) is 1. The molecule has 0 aromatic heterocycles. The van der Waals surface area contributed by atoms with Gasteiger partial charge in [-0.15, -0.1) is 0 Å². The van der Waals surface area contributed by atoms with E-state index in [0.717, 1.165) is 0 Å². The Morgan fingerprint density at radius 1 is 1.06 bits per heavy atom. The van der Waals surface area contributed by atoms with Crippen LogP contribution >= 0.6 is 0 Å². The van der Waals surface area contributed by atoms with Crippen LogP contribution < -0.4 is 5.32 Å². The van der Waals surface area contributed by atoms with E-state index in [0.29, 0.717) is 5.56 Å². The minimum atomic E-state index is -1.06. The summed E-state index contributed by atoms with van der Waals surface area (Å²) >= 11 is 0. The third-order valence-corrected chi connectivity index (χ3v) is 3.56. The number of hydrogen-bond donors (Lipinski definition) is 2. The van der Waals surface area contributed by atoms with Gasteiger partial charge in [0, 0.05) is 5.56 Å². The van der Waals surface area contributed by atoms with Crippen molar-refractivity contribution in [2.45, 2.75) is 33.2 Å². The van der Waals surface area contributed by atoms with E-state index in [2.05, 4.69) is 5.32 Å². The van der Waals surface area contributed by atoms with Crippen molar-refractivity contribution in [3.05, 3.63) is 35.9 Å². The molecule has 18 heavy (non-hydrogen) atoms. The van der Waals surface area contributed by atoms with Crippen molar-refractivity contribution in [1.29, 1.82) is 0 Å². The van der Waals surface area contributed by atoms with Crippen molar-refractivity contribution >= 4 is 11.9 Å². The van der Waals surface area contributed by atoms with Gasteiger partial charge in [-0.3, -0.25) is 9.59 Å². The lowest BCUT2D eigenvalue weighted by Gasteiger charge is -2.38. The van der Waals surface area contributed by atoms with E-state index in [1.54, 1.807) is 52.0 Å². The number of rotatable bonds is 4. The fourth-order valence-corrected chi connectivity index (χ4v) is 1.37. The molecular weight excluding hydrogens is 230 g/mol. The molecule has 0 unspecified atom stereocenters. The van der Waals surface area contributed by atoms with Crippen molar-refractivity contribution in [3.8, 4) is 0 Å². The number of carboxylic acid groups (broad SMARTS) is 1. The zero-order valence-corrected chi connectivity index (χ0v) is 11.2. The summed E-state index contributed by atoms with van der Waals surface area (Å²) in [6.45, 7) is 6.62. The molecule has 98 valence electrons. The molecule has 0 saturated heterocycles. The lowest BCUT2D eigenvalue weighted by Crippen LogP contribution is -2.56. The van der Waals surface area contributed by atoms with Gasteiger partial charge < -0.3 is 10.4 Å². The molecule has 0 aliphatic heterocycles. The third-order valence-electron chi connectivity index (χ3n) is 3.56. The van der Waals surface area contributed by atoms with Gasteiger partial charge in [0.25, 0.3) is 5.91 Å². The molecule has 0 radical (unpaired) electrons. The minimum absolute atomic E-state index is 0.269. The van der Waals surface area contributed by atoms with Crippen molar-refractivity contribution in [2.24, 2.45) is 5.41 Å². The highest BCUT2D eigenvalue weighted by molar-refractivity contribution is 5.95. The molecule has 0 spiro atoms. The number of carbonyl (C=O) groups excluding carboxylic acids is 1. The summed E-state index contributed by atoms with van der Waals surface area (Å²) in [5, 5.41) is 12.0. The highest BCUT2D eigenvalue weighted by atomic mass is 16.4. The highest BCUT2D eigenvalue weighted by Crippen LogP contribution is 2.30. The SMILES string of the molecule is CC(C)(NC(=O)c1ccccc1)C(C)(C)C(=O)O. The van der Waals surface area contributed by atoms with Crippen LogP contribution in [0.1, 0.15) is 38.1 Å². The number of aliphatic carboxylic acids is 1. The number of hydrogen-bond acceptors (Lipinski definition) is 2. The van der Waals surface area contributed by atoms with E-state index in [-0.39, 0.29) is 5.91 Å². The smallest absolute Gasteiger partial charge is 0.311 e. The number of carbonyl (C=O) groups is 2. The van der Waals surface area contributed by atoms with E-state index in [4.69, 9.17) is 0 Å². The predicted octanol–water partition coefficient (Wildman–Crippen LogP) is 2.31. The van der Waals surface area contributed by atoms with E-state index in [9.17, 15) is 14.7 Å². The Labute approximate surface area is 107 Å². The average Bonchev–Trinajstić information content (AvgIpc) is 2.29. The molecule has 0 heterocycles. The predicted molar refractivity (Wildman–Crippen MR) is 69.4 cm³/mol. The number of benzene rings is 1. The molecule has 4 nitrogen and oxygen atoms in total. The van der Waals surface area contributed by atoms with Crippen LogP contribution in [0.25, 0.3) is 0 Å². The second-order valence-electron chi connectivity index (χ2n) is 5.38. The topological polar surface area (TPSA) is 66.4 Å². The van der Waals surface area contributed by atoms with E-state index >= 15 is 0 Å². The molecule has 0 saturated carbocycles. The Balaban J connectivity index is 2.91. The monoisotopic (exact) mass is 249 g/mol. The Bertz CT molecular complexity index is 449. The van der Waals surface area contributed by atoms with E-state index in [1.807, 2.05) is 6.07 Å². The maximum absolute atomic E-state index is 12.0. The average molecular weight is 249 g/mol. The van der Waals surface area contributed by atoms with Gasteiger partial charge in [0.05, 0.1) is 11.0 Å². The Hall–Kier alpha value is -1.84. The lowest BCUT2D eigenvalue weighted by atomic mass is 9.74. The van der Waals surface area contributed by atoms with Crippen LogP contribution in [-0.4, -0.2) is 22.5 Å². The fraction of sp³-hybridized carbons (Fsp3) is 0.429. The minimum Gasteiger partial charge on any atom is -0.481 e. The molecule has 1 aromatic rings. The van der Waals surface area contributed by atoms with Crippen LogP contribution in [0.5, 0.6) is 0 Å². The van der Waals surface area contributed by atoms with Crippen LogP contribution in [0.15, 0.2) is 30.3 Å². The van der Waals surface area contributed by atoms with Gasteiger partial charge in [-0.1, -0.05) is 18.2 Å². The lowest BCUT2D eigenvalue weighted by molar-refractivity contribution is -0.150. The Kier molecular flexibility index (Phi) is 3.79. The summed E-state index contributed by atoms with van der Waals surface area (Å²) in [7, 11) is 0. The van der Waals surface area contributed by atoms with Gasteiger partial charge in [-0.05, 0) is 39.8 Å². The summed E-state index contributed by atoms with van der Waals surface area (Å²) in [5.41, 5.74) is -1.39. The van der Waals surface area contributed by atoms with Crippen LogP contribution in [0, 0.1) is 5.41 Å². The van der Waals surface area contributed by atoms with Crippen LogP contribution in [-0.2, 0) is 4.79 Å². The van der Waals surface area contributed by atoms with Gasteiger partial charge in [-0.2, -0.15) is 0 Å². The Morgan fingerprint density at radius 2 is 1.56 bits per heavy atom. The van der Waals surface area contributed by atoms with Crippen molar-refractivity contribution in [1.82, 2.24) is 5.32 Å². The van der Waals surface area contributed by atoms with Crippen molar-refractivity contribution < 1.29 is 14.7 Å². The van der Waals surface area contributed by atoms with Crippen molar-refractivity contribution in [3.63, 3.8) is 0 Å². The first-order valence-electron chi connectivity index (χ1n) is 5.79. The molecule has 1 amide bonds. The highest BCUT2D eigenvalue weighted by Gasteiger charge is 2.44. The zero-order valence-electron chi connectivity index (χ0n) is 11.2. The molecule has 2 N–H and O–H groups in total. The molecule has 0 aliphatic carbocycles. The maximum atomic E-state index is 12.0. The summed E-state index contributed by atoms with van der Waals surface area (Å²) in [5.74, 6) is -1.21. The van der Waals surface area contributed by atoms with Gasteiger partial charge >= 0.3 is 5.97 Å². The Morgan fingerprint density at radius 3 is 2.00 bits per heavy atom. The maximum Gasteiger partial charge on any atom is 0.311 e. The van der Waals surface area contributed by atoms with Gasteiger partial charge in [-0.25, -0.2) is 0 Å². The summed E-state index contributed by atoms with van der Waals surface area (Å²) in [6.07, 6.45) is 0. The molecular formula is C14H19NO3. The van der Waals surface area contributed by atoms with Crippen molar-refractivity contribution in [2.75, 3.05) is 0 Å². The second kappa shape index (κ2) is 4.80. The summed E-state index contributed by atoms with van der Waals surface area (Å²) < 4.78 is 0. The van der Waals surface area contributed by atoms with E-state index in [1.165, 1.54) is 0 Å². The van der Waals surface area contributed by atoms with Crippen LogP contribution in [0.2, 0.25) is 0 Å². The molecule has 1 aromatic carbocycles. The number of amides is 1. The molecule has 0 aliphatic rings. The molecule has 0 atom stereocenters. The van der Waals surface area contributed by atoms with Gasteiger partial charge in [0.15, 0.2) is 0 Å². The zero-order chi connectivity index (χ0) is 14.0. The van der Waals surface area contributed by atoms with Crippen LogP contribution in [0.3, 0.4) is 0 Å². The number of carboxylic acids is 1. The molecule has 4 heteroatoms. The van der Waals surface area contributed by atoms with Gasteiger partial charge in [0.2, 0.25) is 0 Å². The molecule has 1 rings (SSSR count). The second-order valence-corrected chi connectivity index (χ2v) is 5.38. The largest absolute Gasteiger partial charge is 0.481 e. The summed E-state index contributed by atoms with van der Waals surface area (Å²) in [4.78, 5) is 23.3. The summed E-state index contributed by atoms with van der Waals surface area (Å²) in [6, 6.07) is 8.75. The molecule has 0 fully saturated rings. The standard InChI is InChI=1S/C14H19NO3/c1-13(2,12(17)18)14(3,4)15-11(16)10-8-6-5-7-9-10/h5-9H,1-4H3,(H,15,16)(H,17,18). The van der Waals surface area contributed by atoms with Gasteiger partial charge in [0.1, 0.15) is 0 Å². The van der Waals surface area contributed by atoms with E-state index < -0.39 is 16.9 Å². The third kappa shape index (κ3) is 2.70. The normalized spacial score (nSPS) is 12.0. The first kappa shape index (κ1) is 14.2.